The summed E-state index contributed by atoms with van der Waals surface area (Å²) in [5, 5.41) is 0.148. The number of allylic oxidation sites excluding steroid dienone is 4. The molecule has 0 spiro atoms. The molecule has 0 aromatic heterocycles. The van der Waals surface area contributed by atoms with E-state index in [2.05, 4.69) is 59.5 Å². The Balaban J connectivity index is 2.47. The fourth-order valence-corrected chi connectivity index (χ4v) is 3.95. The molecule has 0 bridgehead atoms. The fraction of sp³-hybridized carbons (Fsp3) is 0.435. The van der Waals surface area contributed by atoms with Crippen molar-refractivity contribution < 1.29 is 9.22 Å². The summed E-state index contributed by atoms with van der Waals surface area (Å²) < 4.78 is 6.60. The predicted octanol–water partition coefficient (Wildman–Crippen LogP) is 6.92. The van der Waals surface area contributed by atoms with E-state index in [9.17, 15) is 4.79 Å². The van der Waals surface area contributed by atoms with E-state index in [4.69, 9.17) is 4.43 Å². The lowest BCUT2D eigenvalue weighted by atomic mass is 9.90. The van der Waals surface area contributed by atoms with Gasteiger partial charge < -0.3 is 4.43 Å². The quantitative estimate of drug-likeness (QED) is 0.426. The van der Waals surface area contributed by atoms with Gasteiger partial charge >= 0.3 is 0 Å². The molecule has 1 aliphatic rings. The SMILES string of the molecule is C=C1CCC/C(c2cccc(C=O)c2)=C(C)\C=C/1O[Si](C)(C)C(C)(C)C. The smallest absolute Gasteiger partial charge is 0.250 e. The molecule has 0 fully saturated rings. The van der Waals surface area contributed by atoms with Gasteiger partial charge in [0.05, 0.1) is 0 Å². The van der Waals surface area contributed by atoms with Gasteiger partial charge in [0.1, 0.15) is 12.0 Å². The third-order valence-corrected chi connectivity index (χ3v) is 9.96. The molecule has 140 valence electrons. The molecule has 3 heteroatoms. The summed E-state index contributed by atoms with van der Waals surface area (Å²) in [5.41, 5.74) is 5.42. The summed E-state index contributed by atoms with van der Waals surface area (Å²) in [5.74, 6) is 0.942. The van der Waals surface area contributed by atoms with Crippen molar-refractivity contribution in [3.05, 3.63) is 65.0 Å². The molecule has 1 aromatic carbocycles. The molecular weight excluding hydrogens is 336 g/mol. The second-order valence-electron chi connectivity index (χ2n) is 8.73. The third-order valence-electron chi connectivity index (χ3n) is 5.62. The van der Waals surface area contributed by atoms with Crippen molar-refractivity contribution in [2.45, 2.75) is 65.1 Å². The van der Waals surface area contributed by atoms with Crippen LogP contribution in [0.15, 0.2) is 53.8 Å². The predicted molar refractivity (Wildman–Crippen MR) is 114 cm³/mol. The van der Waals surface area contributed by atoms with Gasteiger partial charge in [-0.25, -0.2) is 0 Å². The largest absolute Gasteiger partial charge is 0.543 e. The van der Waals surface area contributed by atoms with Crippen LogP contribution in [0.5, 0.6) is 0 Å². The van der Waals surface area contributed by atoms with E-state index < -0.39 is 8.32 Å². The van der Waals surface area contributed by atoms with Crippen LogP contribution in [0, 0.1) is 0 Å². The first-order chi connectivity index (χ1) is 12.0. The zero-order chi connectivity index (χ0) is 19.5. The van der Waals surface area contributed by atoms with E-state index in [0.717, 1.165) is 48.0 Å². The molecule has 0 amide bonds. The van der Waals surface area contributed by atoms with Gasteiger partial charge in [-0.05, 0) is 78.7 Å². The monoisotopic (exact) mass is 368 g/mol. The van der Waals surface area contributed by atoms with Crippen molar-refractivity contribution in [2.24, 2.45) is 0 Å². The number of rotatable bonds is 4. The minimum absolute atomic E-state index is 0.148. The van der Waals surface area contributed by atoms with Crippen LogP contribution in [-0.4, -0.2) is 14.6 Å². The van der Waals surface area contributed by atoms with Crippen molar-refractivity contribution in [3.63, 3.8) is 0 Å². The highest BCUT2D eigenvalue weighted by molar-refractivity contribution is 6.74. The Hall–Kier alpha value is -1.87. The second-order valence-corrected chi connectivity index (χ2v) is 13.5. The average Bonchev–Trinajstić information content (AvgIpc) is 2.55. The molecule has 1 aliphatic carbocycles. The van der Waals surface area contributed by atoms with Gasteiger partial charge in [0, 0.05) is 5.56 Å². The number of carbonyl (C=O) groups excluding carboxylic acids is 1. The average molecular weight is 369 g/mol. The van der Waals surface area contributed by atoms with Gasteiger partial charge in [0.15, 0.2) is 0 Å². The Morgan fingerprint density at radius 2 is 1.88 bits per heavy atom. The number of hydrogen-bond donors (Lipinski definition) is 0. The summed E-state index contributed by atoms with van der Waals surface area (Å²) in [6.45, 7) is 17.7. The van der Waals surface area contributed by atoms with Crippen LogP contribution >= 0.6 is 0 Å². The lowest BCUT2D eigenvalue weighted by Gasteiger charge is -2.38. The summed E-state index contributed by atoms with van der Waals surface area (Å²) in [7, 11) is -1.92. The van der Waals surface area contributed by atoms with Gasteiger partial charge in [0.25, 0.3) is 0 Å². The van der Waals surface area contributed by atoms with Crippen LogP contribution in [0.4, 0.5) is 0 Å². The number of carbonyl (C=O) groups is 1. The van der Waals surface area contributed by atoms with E-state index in [0.29, 0.717) is 0 Å². The molecule has 0 saturated carbocycles. The van der Waals surface area contributed by atoms with Crippen molar-refractivity contribution in [3.8, 4) is 0 Å². The highest BCUT2D eigenvalue weighted by Crippen LogP contribution is 2.40. The van der Waals surface area contributed by atoms with Crippen LogP contribution in [0.1, 0.15) is 62.9 Å². The maximum atomic E-state index is 11.1. The maximum Gasteiger partial charge on any atom is 0.250 e. The van der Waals surface area contributed by atoms with Gasteiger partial charge in [-0.2, -0.15) is 0 Å². The van der Waals surface area contributed by atoms with Crippen molar-refractivity contribution in [2.75, 3.05) is 0 Å². The summed E-state index contributed by atoms with van der Waals surface area (Å²) in [6.07, 6.45) is 6.02. The zero-order valence-electron chi connectivity index (χ0n) is 17.1. The highest BCUT2D eigenvalue weighted by Gasteiger charge is 2.39. The summed E-state index contributed by atoms with van der Waals surface area (Å²) in [4.78, 5) is 11.1. The molecule has 0 N–H and O–H groups in total. The van der Waals surface area contributed by atoms with Crippen LogP contribution in [-0.2, 0) is 4.43 Å². The van der Waals surface area contributed by atoms with Gasteiger partial charge in [-0.3, -0.25) is 4.79 Å². The Kier molecular flexibility index (Phi) is 6.12. The van der Waals surface area contributed by atoms with E-state index in [1.165, 1.54) is 11.1 Å². The van der Waals surface area contributed by atoms with E-state index >= 15 is 0 Å². The standard InChI is InChI=1S/C23H32O2Si/c1-17-10-8-13-21(20-12-9-11-19(15-20)16-24)18(2)14-22(17)25-26(6,7)23(3,4)5/h9,11-12,14-16H,1,8,10,13H2,2-7H3/b21-18+,22-14+. The lowest BCUT2D eigenvalue weighted by Crippen LogP contribution is -2.40. The Bertz CT molecular complexity index is 761. The summed E-state index contributed by atoms with van der Waals surface area (Å²) >= 11 is 0. The Morgan fingerprint density at radius 3 is 2.50 bits per heavy atom. The molecule has 0 unspecified atom stereocenters. The lowest BCUT2D eigenvalue weighted by molar-refractivity contribution is 0.112. The van der Waals surface area contributed by atoms with Crippen LogP contribution in [0.3, 0.4) is 0 Å². The molecule has 2 nitrogen and oxygen atoms in total. The van der Waals surface area contributed by atoms with Gasteiger partial charge in [-0.1, -0.05) is 45.5 Å². The normalized spacial score (nSPS) is 21.5. The molecule has 0 atom stereocenters. The maximum absolute atomic E-state index is 11.1. The van der Waals surface area contributed by atoms with Crippen molar-refractivity contribution in [1.82, 2.24) is 0 Å². The number of aldehydes is 1. The van der Waals surface area contributed by atoms with Gasteiger partial charge in [-0.15, -0.1) is 0 Å². The molecule has 1 aromatic rings. The Labute approximate surface area is 159 Å². The zero-order valence-corrected chi connectivity index (χ0v) is 18.1. The third kappa shape index (κ3) is 4.64. The minimum Gasteiger partial charge on any atom is -0.543 e. The molecule has 0 heterocycles. The minimum atomic E-state index is -1.92. The second kappa shape index (κ2) is 7.79. The van der Waals surface area contributed by atoms with Crippen LogP contribution in [0.25, 0.3) is 5.57 Å². The van der Waals surface area contributed by atoms with Crippen molar-refractivity contribution in [1.29, 1.82) is 0 Å². The van der Waals surface area contributed by atoms with E-state index in [1.54, 1.807) is 0 Å². The molecule has 26 heavy (non-hydrogen) atoms. The molecule has 0 radical (unpaired) electrons. The number of hydrogen-bond acceptors (Lipinski definition) is 2. The van der Waals surface area contributed by atoms with Gasteiger partial charge in [0.2, 0.25) is 8.32 Å². The Morgan fingerprint density at radius 1 is 1.19 bits per heavy atom. The number of benzene rings is 1. The first kappa shape index (κ1) is 20.4. The van der Waals surface area contributed by atoms with E-state index in [1.807, 2.05) is 18.2 Å². The molecule has 0 saturated heterocycles. The molecule has 0 aliphatic heterocycles. The van der Waals surface area contributed by atoms with E-state index in [-0.39, 0.29) is 5.04 Å². The first-order valence-electron chi connectivity index (χ1n) is 9.39. The topological polar surface area (TPSA) is 26.3 Å². The molecular formula is C23H32O2Si. The summed E-state index contributed by atoms with van der Waals surface area (Å²) in [6, 6.07) is 7.86. The first-order valence-corrected chi connectivity index (χ1v) is 12.3. The highest BCUT2D eigenvalue weighted by atomic mass is 28.4. The fourth-order valence-electron chi connectivity index (χ4n) is 2.89. The molecule has 2 rings (SSSR count). The van der Waals surface area contributed by atoms with Crippen LogP contribution < -0.4 is 0 Å². The van der Waals surface area contributed by atoms with Crippen molar-refractivity contribution >= 4 is 20.2 Å². The van der Waals surface area contributed by atoms with Crippen LogP contribution in [0.2, 0.25) is 18.1 Å².